The summed E-state index contributed by atoms with van der Waals surface area (Å²) >= 11 is 11.6. The molecule has 166 valence electrons. The molecule has 2 amide bonds. The van der Waals surface area contributed by atoms with Crippen molar-refractivity contribution in [2.24, 2.45) is 5.41 Å². The molecule has 1 aromatic rings. The number of fused-ring (bicyclic) bond motifs is 1. The Morgan fingerprint density at radius 2 is 1.94 bits per heavy atom. The Labute approximate surface area is 189 Å². The van der Waals surface area contributed by atoms with Crippen LogP contribution in [0.5, 0.6) is 5.75 Å². The van der Waals surface area contributed by atoms with Gasteiger partial charge in [0.05, 0.1) is 12.0 Å². The molecule has 2 atom stereocenters. The van der Waals surface area contributed by atoms with Gasteiger partial charge in [0, 0.05) is 21.7 Å². The molecule has 0 aliphatic heterocycles. The van der Waals surface area contributed by atoms with Crippen molar-refractivity contribution in [3.05, 3.63) is 53.2 Å². The Kier molecular flexibility index (Phi) is 6.17. The lowest BCUT2D eigenvalue weighted by Crippen LogP contribution is -2.57. The molecule has 4 aliphatic rings. The number of alkyl carbamates (subject to hydrolysis) is 1. The van der Waals surface area contributed by atoms with Crippen molar-refractivity contribution in [2.45, 2.75) is 42.8 Å². The van der Waals surface area contributed by atoms with Crippen LogP contribution in [0.1, 0.15) is 25.7 Å². The summed E-state index contributed by atoms with van der Waals surface area (Å²) in [6, 6.07) is 6.82. The van der Waals surface area contributed by atoms with E-state index in [1.165, 1.54) is 12.2 Å². The minimum absolute atomic E-state index is 0.0728. The third kappa shape index (κ3) is 5.15. The molecular weight excluding hydrogens is 446 g/mol. The monoisotopic (exact) mass is 468 g/mol. The third-order valence-electron chi connectivity index (χ3n) is 6.01. The summed E-state index contributed by atoms with van der Waals surface area (Å²) < 4.78 is 24.5. The number of hydrogen-bond acceptors (Lipinski definition) is 4. The van der Waals surface area contributed by atoms with Gasteiger partial charge in [-0.3, -0.25) is 10.1 Å². The average molecular weight is 469 g/mol. The van der Waals surface area contributed by atoms with E-state index in [0.717, 1.165) is 25.7 Å². The number of benzene rings is 1. The molecule has 2 N–H and O–H groups in total. The minimum atomic E-state index is -1.35. The molecule has 6 nitrogen and oxygen atoms in total. The van der Waals surface area contributed by atoms with Gasteiger partial charge in [0.2, 0.25) is 0 Å². The summed E-state index contributed by atoms with van der Waals surface area (Å²) in [6.07, 6.45) is 5.51. The van der Waals surface area contributed by atoms with Gasteiger partial charge < -0.3 is 14.8 Å². The predicted molar refractivity (Wildman–Crippen MR) is 115 cm³/mol. The number of carbonyl (C=O) groups excluding carboxylic acids is 2. The Morgan fingerprint density at radius 1 is 1.19 bits per heavy atom. The maximum absolute atomic E-state index is 13.6. The van der Waals surface area contributed by atoms with Crippen molar-refractivity contribution in [1.29, 1.82) is 0 Å². The van der Waals surface area contributed by atoms with Crippen molar-refractivity contribution in [3.8, 4) is 5.75 Å². The normalized spacial score (nSPS) is 30.7. The van der Waals surface area contributed by atoms with E-state index in [-0.39, 0.29) is 30.1 Å². The van der Waals surface area contributed by atoms with Gasteiger partial charge in [0.15, 0.2) is 6.61 Å². The number of carbonyl (C=O) groups is 2. The topological polar surface area (TPSA) is 76.7 Å². The lowest BCUT2D eigenvalue weighted by Gasteiger charge is -2.47. The van der Waals surface area contributed by atoms with Gasteiger partial charge >= 0.3 is 6.09 Å². The lowest BCUT2D eigenvalue weighted by atomic mass is 9.65. The molecule has 2 bridgehead atoms. The number of ether oxygens (including phenoxy) is 2. The fourth-order valence-electron chi connectivity index (χ4n) is 4.66. The number of halogens is 3. The van der Waals surface area contributed by atoms with Crippen molar-refractivity contribution < 1.29 is 23.5 Å². The number of hydrogen-bond donors (Lipinski definition) is 2. The molecular formula is C22H23Cl2FN2O4. The van der Waals surface area contributed by atoms with E-state index in [4.69, 9.17) is 32.7 Å². The van der Waals surface area contributed by atoms with Gasteiger partial charge in [-0.05, 0) is 62.1 Å². The molecule has 0 spiro atoms. The Balaban J connectivity index is 1.19. The Morgan fingerprint density at radius 3 is 2.65 bits per heavy atom. The van der Waals surface area contributed by atoms with Crippen LogP contribution in [0.2, 0.25) is 5.02 Å². The van der Waals surface area contributed by atoms with E-state index in [0.29, 0.717) is 16.5 Å². The lowest BCUT2D eigenvalue weighted by molar-refractivity contribution is -0.127. The molecule has 2 unspecified atom stereocenters. The first-order valence-electron chi connectivity index (χ1n) is 10.1. The van der Waals surface area contributed by atoms with Crippen molar-refractivity contribution in [1.82, 2.24) is 10.6 Å². The van der Waals surface area contributed by atoms with Crippen LogP contribution < -0.4 is 15.4 Å². The largest absolute Gasteiger partial charge is 0.484 e. The molecule has 31 heavy (non-hydrogen) atoms. The second-order valence-electron chi connectivity index (χ2n) is 8.50. The SMILES string of the molecule is O=C(COc1ccc(Cl)cc1)NC12CCC(COC(=O)NC3=CC(F)C(Cl)C=C3)(C1)C2. The maximum Gasteiger partial charge on any atom is 0.411 e. The van der Waals surface area contributed by atoms with Crippen molar-refractivity contribution in [2.75, 3.05) is 13.2 Å². The van der Waals surface area contributed by atoms with Crippen LogP contribution >= 0.6 is 23.2 Å². The molecule has 5 rings (SSSR count). The molecule has 9 heteroatoms. The first kappa shape index (κ1) is 22.0. The summed E-state index contributed by atoms with van der Waals surface area (Å²) in [4.78, 5) is 24.4. The van der Waals surface area contributed by atoms with Gasteiger partial charge in [-0.15, -0.1) is 11.6 Å². The van der Waals surface area contributed by atoms with E-state index in [9.17, 15) is 14.0 Å². The Hall–Kier alpha value is -2.25. The molecule has 3 fully saturated rings. The fraction of sp³-hybridized carbons (Fsp3) is 0.455. The molecule has 1 aromatic carbocycles. The van der Waals surface area contributed by atoms with E-state index in [1.54, 1.807) is 30.3 Å². The number of nitrogens with one attached hydrogen (secondary N) is 2. The first-order chi connectivity index (χ1) is 14.8. The van der Waals surface area contributed by atoms with Crippen LogP contribution in [0.15, 0.2) is 48.2 Å². The van der Waals surface area contributed by atoms with Gasteiger partial charge in [0.25, 0.3) is 5.91 Å². The van der Waals surface area contributed by atoms with Gasteiger partial charge in [-0.2, -0.15) is 0 Å². The minimum Gasteiger partial charge on any atom is -0.484 e. The summed E-state index contributed by atoms with van der Waals surface area (Å²) in [5, 5.41) is 5.47. The first-order valence-corrected chi connectivity index (χ1v) is 10.9. The van der Waals surface area contributed by atoms with Crippen LogP contribution in [0.25, 0.3) is 0 Å². The molecule has 0 saturated heterocycles. The van der Waals surface area contributed by atoms with Gasteiger partial charge in [0.1, 0.15) is 11.9 Å². The van der Waals surface area contributed by atoms with Crippen molar-refractivity contribution in [3.63, 3.8) is 0 Å². The smallest absolute Gasteiger partial charge is 0.411 e. The predicted octanol–water partition coefficient (Wildman–Crippen LogP) is 4.27. The molecule has 0 aromatic heterocycles. The van der Waals surface area contributed by atoms with E-state index in [1.807, 2.05) is 0 Å². The van der Waals surface area contributed by atoms with Crippen LogP contribution in [-0.2, 0) is 9.53 Å². The number of allylic oxidation sites excluding steroid dienone is 3. The average Bonchev–Trinajstić information content (AvgIpc) is 3.24. The van der Waals surface area contributed by atoms with Crippen LogP contribution in [-0.4, -0.2) is 42.3 Å². The summed E-state index contributed by atoms with van der Waals surface area (Å²) in [7, 11) is 0. The molecule has 0 heterocycles. The number of amides is 2. The molecule has 3 saturated carbocycles. The zero-order chi connectivity index (χ0) is 22.1. The number of rotatable bonds is 7. The zero-order valence-corrected chi connectivity index (χ0v) is 18.2. The summed E-state index contributed by atoms with van der Waals surface area (Å²) in [5.74, 6) is 0.396. The van der Waals surface area contributed by atoms with E-state index < -0.39 is 17.6 Å². The van der Waals surface area contributed by atoms with Gasteiger partial charge in [-0.25, -0.2) is 9.18 Å². The van der Waals surface area contributed by atoms with Crippen LogP contribution in [0, 0.1) is 5.41 Å². The summed E-state index contributed by atoms with van der Waals surface area (Å²) in [6.45, 7) is 0.183. The highest BCUT2D eigenvalue weighted by atomic mass is 35.5. The van der Waals surface area contributed by atoms with Crippen LogP contribution in [0.4, 0.5) is 9.18 Å². The maximum atomic E-state index is 13.6. The van der Waals surface area contributed by atoms with Crippen LogP contribution in [0.3, 0.4) is 0 Å². The second kappa shape index (κ2) is 8.71. The third-order valence-corrected chi connectivity index (χ3v) is 6.65. The highest BCUT2D eigenvalue weighted by Gasteiger charge is 2.61. The van der Waals surface area contributed by atoms with Gasteiger partial charge in [-0.1, -0.05) is 17.7 Å². The van der Waals surface area contributed by atoms with Crippen molar-refractivity contribution >= 4 is 35.2 Å². The highest BCUT2D eigenvalue weighted by molar-refractivity contribution is 6.30. The molecule has 0 radical (unpaired) electrons. The Bertz CT molecular complexity index is 913. The second-order valence-corrected chi connectivity index (χ2v) is 9.44. The molecule has 4 aliphatic carbocycles. The van der Waals surface area contributed by atoms with E-state index in [2.05, 4.69) is 10.6 Å². The number of alkyl halides is 2. The van der Waals surface area contributed by atoms with E-state index >= 15 is 0 Å². The zero-order valence-electron chi connectivity index (χ0n) is 16.7. The standard InChI is InChI=1S/C22H23Cl2FN2O4/c23-14-1-4-16(5-2-14)30-10-19(28)27-22-8-7-21(11-22,12-22)13-31-20(29)26-15-3-6-17(24)18(25)9-15/h1-6,9,17-18H,7-8,10-13H2,(H,26,29)(H,27,28). The highest BCUT2D eigenvalue weighted by Crippen LogP contribution is 2.61. The fourth-order valence-corrected chi connectivity index (χ4v) is 4.93. The summed E-state index contributed by atoms with van der Waals surface area (Å²) in [5.41, 5.74) is -0.0529. The quantitative estimate of drug-likeness (QED) is 0.585.